The molecular weight excluding hydrogens is 244 g/mol. The summed E-state index contributed by atoms with van der Waals surface area (Å²) in [6, 6.07) is 6.24. The summed E-state index contributed by atoms with van der Waals surface area (Å²) < 4.78 is 0. The van der Waals surface area contributed by atoms with E-state index in [4.69, 9.17) is 0 Å². The molecule has 0 unspecified atom stereocenters. The molecule has 1 aliphatic rings. The van der Waals surface area contributed by atoms with Crippen LogP contribution < -0.4 is 4.90 Å². The van der Waals surface area contributed by atoms with Crippen LogP contribution in [0.4, 0.5) is 5.69 Å². The molecule has 4 heteroatoms. The van der Waals surface area contributed by atoms with Gasteiger partial charge in [-0.1, -0.05) is 0 Å². The van der Waals surface area contributed by atoms with Gasteiger partial charge in [0, 0.05) is 35.8 Å². The minimum Gasteiger partial charge on any atom is -0.315 e. The highest BCUT2D eigenvalue weighted by Gasteiger charge is 2.21. The monoisotopic (exact) mass is 258 g/mol. The molecular formula is C14H14N2OS. The van der Waals surface area contributed by atoms with Gasteiger partial charge in [-0.15, -0.1) is 11.3 Å². The number of rotatable bonds is 1. The Balaban J connectivity index is 2.04. The van der Waals surface area contributed by atoms with Crippen molar-refractivity contribution in [2.24, 2.45) is 0 Å². The number of amides is 1. The van der Waals surface area contributed by atoms with E-state index in [1.54, 1.807) is 16.2 Å². The fourth-order valence-electron chi connectivity index (χ4n) is 2.28. The Hall–Kier alpha value is -1.68. The number of nitrogens with zero attached hydrogens (tertiary/aromatic N) is 2. The third-order valence-electron chi connectivity index (χ3n) is 3.29. The molecule has 1 aromatic heterocycles. The predicted molar refractivity (Wildman–Crippen MR) is 74.0 cm³/mol. The zero-order valence-corrected chi connectivity index (χ0v) is 11.3. The summed E-state index contributed by atoms with van der Waals surface area (Å²) >= 11 is 1.66. The Kier molecular flexibility index (Phi) is 2.67. The van der Waals surface area contributed by atoms with E-state index in [-0.39, 0.29) is 5.91 Å². The highest BCUT2D eigenvalue weighted by Crippen LogP contribution is 2.32. The van der Waals surface area contributed by atoms with Gasteiger partial charge in [0.2, 0.25) is 5.91 Å². The maximum Gasteiger partial charge on any atom is 0.227 e. The topological polar surface area (TPSA) is 33.2 Å². The van der Waals surface area contributed by atoms with Crippen LogP contribution in [0.5, 0.6) is 0 Å². The van der Waals surface area contributed by atoms with Gasteiger partial charge >= 0.3 is 0 Å². The van der Waals surface area contributed by atoms with Gasteiger partial charge in [-0.25, -0.2) is 4.98 Å². The molecule has 18 heavy (non-hydrogen) atoms. The molecule has 1 amide bonds. The summed E-state index contributed by atoms with van der Waals surface area (Å²) in [5.74, 6) is 0.195. The fraction of sp³-hybridized carbons (Fsp3) is 0.286. The van der Waals surface area contributed by atoms with E-state index in [0.29, 0.717) is 6.42 Å². The molecule has 2 aromatic rings. The van der Waals surface area contributed by atoms with Crippen LogP contribution >= 0.6 is 11.3 Å². The molecule has 0 atom stereocenters. The first-order chi connectivity index (χ1) is 8.65. The van der Waals surface area contributed by atoms with Crippen molar-refractivity contribution in [1.82, 2.24) is 4.98 Å². The van der Waals surface area contributed by atoms with Gasteiger partial charge in [0.25, 0.3) is 0 Å². The number of hydrogen-bond donors (Lipinski definition) is 0. The van der Waals surface area contributed by atoms with Gasteiger partial charge < -0.3 is 4.90 Å². The number of thiazole rings is 1. The zero-order valence-electron chi connectivity index (χ0n) is 10.4. The highest BCUT2D eigenvalue weighted by molar-refractivity contribution is 7.13. The van der Waals surface area contributed by atoms with Crippen molar-refractivity contribution >= 4 is 22.9 Å². The zero-order chi connectivity index (χ0) is 12.7. The normalized spacial score (nSPS) is 14.8. The lowest BCUT2D eigenvalue weighted by Gasteiger charge is -2.25. The molecule has 1 aromatic carbocycles. The maximum atomic E-state index is 11.6. The first kappa shape index (κ1) is 11.4. The van der Waals surface area contributed by atoms with Crippen LogP contribution in [0.2, 0.25) is 0 Å². The number of benzene rings is 1. The molecule has 0 fully saturated rings. The van der Waals surface area contributed by atoms with Gasteiger partial charge in [0.1, 0.15) is 5.01 Å². The summed E-state index contributed by atoms with van der Waals surface area (Å²) in [6.45, 7) is 2.00. The van der Waals surface area contributed by atoms with Crippen molar-refractivity contribution in [3.8, 4) is 10.6 Å². The predicted octanol–water partition coefficient (Wildman–Crippen LogP) is 3.03. The second kappa shape index (κ2) is 4.21. The molecule has 3 rings (SSSR count). The molecule has 0 aliphatic carbocycles. The second-order valence-electron chi connectivity index (χ2n) is 4.59. The Bertz CT molecular complexity index is 618. The average molecular weight is 258 g/mol. The second-order valence-corrected chi connectivity index (χ2v) is 5.45. The standard InChI is InChI=1S/C14H14N2OS/c1-9-8-18-14(15-9)11-3-5-12-10(7-11)4-6-13(17)16(12)2/h3,5,7-8H,4,6H2,1-2H3. The van der Waals surface area contributed by atoms with Crippen molar-refractivity contribution in [2.45, 2.75) is 19.8 Å². The van der Waals surface area contributed by atoms with Gasteiger partial charge in [-0.2, -0.15) is 0 Å². The smallest absolute Gasteiger partial charge is 0.227 e. The van der Waals surface area contributed by atoms with Crippen LogP contribution in [-0.2, 0) is 11.2 Å². The lowest BCUT2D eigenvalue weighted by Crippen LogP contribution is -2.30. The third-order valence-corrected chi connectivity index (χ3v) is 4.30. The van der Waals surface area contributed by atoms with E-state index in [9.17, 15) is 4.79 Å². The molecule has 0 radical (unpaired) electrons. The quantitative estimate of drug-likeness (QED) is 0.787. The molecule has 0 saturated carbocycles. The molecule has 0 bridgehead atoms. The van der Waals surface area contributed by atoms with Crippen LogP contribution in [0, 0.1) is 6.92 Å². The lowest BCUT2D eigenvalue weighted by atomic mass is 9.99. The van der Waals surface area contributed by atoms with Crippen LogP contribution in [0.1, 0.15) is 17.7 Å². The Morgan fingerprint density at radius 2 is 2.17 bits per heavy atom. The minimum absolute atomic E-state index is 0.195. The summed E-state index contributed by atoms with van der Waals surface area (Å²) in [6.07, 6.45) is 1.43. The molecule has 92 valence electrons. The van der Waals surface area contributed by atoms with Gasteiger partial charge in [-0.05, 0) is 37.1 Å². The summed E-state index contributed by atoms with van der Waals surface area (Å²) in [5, 5.41) is 3.11. The van der Waals surface area contributed by atoms with E-state index < -0.39 is 0 Å². The van der Waals surface area contributed by atoms with Crippen molar-refractivity contribution in [3.63, 3.8) is 0 Å². The van der Waals surface area contributed by atoms with Crippen molar-refractivity contribution in [2.75, 3.05) is 11.9 Å². The first-order valence-corrected chi connectivity index (χ1v) is 6.85. The van der Waals surface area contributed by atoms with Crippen molar-refractivity contribution in [3.05, 3.63) is 34.8 Å². The molecule has 2 heterocycles. The van der Waals surface area contributed by atoms with Crippen LogP contribution in [-0.4, -0.2) is 17.9 Å². The number of hydrogen-bond acceptors (Lipinski definition) is 3. The number of anilines is 1. The fourth-order valence-corrected chi connectivity index (χ4v) is 3.07. The van der Waals surface area contributed by atoms with E-state index in [1.807, 2.05) is 26.1 Å². The first-order valence-electron chi connectivity index (χ1n) is 5.97. The third kappa shape index (κ3) is 1.82. The number of carbonyl (C=O) groups is 1. The van der Waals surface area contributed by atoms with Gasteiger partial charge in [0.15, 0.2) is 0 Å². The lowest BCUT2D eigenvalue weighted by molar-refractivity contribution is -0.118. The van der Waals surface area contributed by atoms with Crippen molar-refractivity contribution < 1.29 is 4.79 Å². The largest absolute Gasteiger partial charge is 0.315 e. The SMILES string of the molecule is Cc1csc(-c2ccc3c(c2)CCC(=O)N3C)n1. The summed E-state index contributed by atoms with van der Waals surface area (Å²) in [7, 11) is 1.84. The molecule has 0 saturated heterocycles. The number of carbonyl (C=O) groups excluding carboxylic acids is 1. The average Bonchev–Trinajstić information content (AvgIpc) is 2.80. The highest BCUT2D eigenvalue weighted by atomic mass is 32.1. The van der Waals surface area contributed by atoms with Gasteiger partial charge in [0.05, 0.1) is 0 Å². The van der Waals surface area contributed by atoms with Crippen LogP contribution in [0.25, 0.3) is 10.6 Å². The number of aromatic nitrogens is 1. The maximum absolute atomic E-state index is 11.6. The van der Waals surface area contributed by atoms with Crippen LogP contribution in [0.15, 0.2) is 23.6 Å². The van der Waals surface area contributed by atoms with E-state index in [2.05, 4.69) is 16.4 Å². The number of fused-ring (bicyclic) bond motifs is 1. The Labute approximate surface area is 110 Å². The Morgan fingerprint density at radius 3 is 2.89 bits per heavy atom. The van der Waals surface area contributed by atoms with E-state index in [1.165, 1.54) is 5.56 Å². The van der Waals surface area contributed by atoms with E-state index in [0.717, 1.165) is 28.4 Å². The number of aryl methyl sites for hydroxylation is 2. The van der Waals surface area contributed by atoms with Crippen LogP contribution in [0.3, 0.4) is 0 Å². The Morgan fingerprint density at radius 1 is 1.33 bits per heavy atom. The van der Waals surface area contributed by atoms with E-state index >= 15 is 0 Å². The molecule has 0 N–H and O–H groups in total. The molecule has 3 nitrogen and oxygen atoms in total. The van der Waals surface area contributed by atoms with Crippen molar-refractivity contribution in [1.29, 1.82) is 0 Å². The summed E-state index contributed by atoms with van der Waals surface area (Å²) in [4.78, 5) is 17.9. The minimum atomic E-state index is 0.195. The summed E-state index contributed by atoms with van der Waals surface area (Å²) in [5.41, 5.74) is 4.47. The molecule has 0 spiro atoms. The molecule has 1 aliphatic heterocycles. The van der Waals surface area contributed by atoms with Gasteiger partial charge in [-0.3, -0.25) is 4.79 Å².